The summed E-state index contributed by atoms with van der Waals surface area (Å²) in [5, 5.41) is 1.83. The van der Waals surface area contributed by atoms with E-state index in [-0.39, 0.29) is 24.4 Å². The quantitative estimate of drug-likeness (QED) is 0.485. The molecular weight excluding hydrogens is 462 g/mol. The summed E-state index contributed by atoms with van der Waals surface area (Å²) in [7, 11) is 6.35. The number of nitrogens with one attached hydrogen (secondary N) is 1. The average molecular weight is 504 g/mol. The molecule has 1 unspecified atom stereocenters. The van der Waals surface area contributed by atoms with Crippen molar-refractivity contribution in [2.75, 3.05) is 47.9 Å². The third-order valence-electron chi connectivity index (χ3n) is 7.12. The van der Waals surface area contributed by atoms with Crippen LogP contribution in [0.2, 0.25) is 0 Å². The SMILES string of the molecule is COc1ccc(C2CC(C)(C)C(=O)N(C3CCN(C[C@H](N)CC(=O)C(=O)N(C)C)CC3)N2)cc1OC. The molecule has 2 amide bonds. The predicted octanol–water partition coefficient (Wildman–Crippen LogP) is 1.35. The third-order valence-corrected chi connectivity index (χ3v) is 7.12. The molecule has 0 aliphatic carbocycles. The van der Waals surface area contributed by atoms with Gasteiger partial charge in [0, 0.05) is 51.6 Å². The number of hydrogen-bond donors (Lipinski definition) is 2. The van der Waals surface area contributed by atoms with Gasteiger partial charge in [0.25, 0.3) is 5.91 Å². The lowest BCUT2D eigenvalue weighted by Gasteiger charge is -2.48. The first-order valence-corrected chi connectivity index (χ1v) is 12.5. The summed E-state index contributed by atoms with van der Waals surface area (Å²) in [6.07, 6.45) is 2.30. The maximum absolute atomic E-state index is 13.4. The number of nitrogens with two attached hydrogens (primary N) is 1. The van der Waals surface area contributed by atoms with Crippen molar-refractivity contribution in [3.63, 3.8) is 0 Å². The third kappa shape index (κ3) is 6.35. The van der Waals surface area contributed by atoms with Crippen molar-refractivity contribution in [3.05, 3.63) is 23.8 Å². The summed E-state index contributed by atoms with van der Waals surface area (Å²) in [5.41, 5.74) is 10.2. The molecule has 2 aliphatic heterocycles. The highest BCUT2D eigenvalue weighted by Crippen LogP contribution is 2.40. The second-order valence-electron chi connectivity index (χ2n) is 10.7. The number of likely N-dealkylation sites (N-methyl/N-ethyl adjacent to an activating group) is 1. The molecule has 2 saturated heterocycles. The number of likely N-dealkylation sites (tertiary alicyclic amines) is 1. The van der Waals surface area contributed by atoms with Crippen LogP contribution < -0.4 is 20.6 Å². The minimum Gasteiger partial charge on any atom is -0.493 e. The van der Waals surface area contributed by atoms with Gasteiger partial charge in [-0.05, 0) is 37.0 Å². The summed E-state index contributed by atoms with van der Waals surface area (Å²) < 4.78 is 10.9. The lowest BCUT2D eigenvalue weighted by atomic mass is 9.80. The first-order valence-electron chi connectivity index (χ1n) is 12.5. The van der Waals surface area contributed by atoms with Gasteiger partial charge in [-0.15, -0.1) is 0 Å². The number of methoxy groups -OCH3 is 2. The van der Waals surface area contributed by atoms with Crippen molar-refractivity contribution in [2.24, 2.45) is 11.1 Å². The summed E-state index contributed by atoms with van der Waals surface area (Å²) >= 11 is 0. The molecule has 0 saturated carbocycles. The summed E-state index contributed by atoms with van der Waals surface area (Å²) in [4.78, 5) is 40.7. The van der Waals surface area contributed by atoms with Crippen LogP contribution in [0, 0.1) is 5.41 Å². The van der Waals surface area contributed by atoms with Crippen molar-refractivity contribution in [3.8, 4) is 11.5 Å². The highest BCUT2D eigenvalue weighted by atomic mass is 16.5. The van der Waals surface area contributed by atoms with Crippen LogP contribution in [0.3, 0.4) is 0 Å². The monoisotopic (exact) mass is 503 g/mol. The average Bonchev–Trinajstić information content (AvgIpc) is 2.84. The van der Waals surface area contributed by atoms with Crippen LogP contribution in [-0.2, 0) is 14.4 Å². The number of benzene rings is 1. The van der Waals surface area contributed by atoms with Gasteiger partial charge in [0.2, 0.25) is 11.7 Å². The van der Waals surface area contributed by atoms with Crippen LogP contribution in [0.1, 0.15) is 51.1 Å². The number of nitrogens with zero attached hydrogens (tertiary/aromatic N) is 3. The first kappa shape index (κ1) is 27.9. The molecule has 0 aromatic heterocycles. The zero-order valence-corrected chi connectivity index (χ0v) is 22.4. The molecular formula is C26H41N5O5. The van der Waals surface area contributed by atoms with Gasteiger partial charge in [0.1, 0.15) is 0 Å². The molecule has 3 rings (SSSR count). The molecule has 0 spiro atoms. The number of ether oxygens (including phenoxy) is 2. The van der Waals surface area contributed by atoms with Gasteiger partial charge < -0.3 is 25.0 Å². The molecule has 10 heteroatoms. The van der Waals surface area contributed by atoms with E-state index in [1.54, 1.807) is 28.3 Å². The van der Waals surface area contributed by atoms with E-state index in [4.69, 9.17) is 15.2 Å². The summed E-state index contributed by atoms with van der Waals surface area (Å²) in [5.74, 6) is 0.442. The Labute approximate surface area is 214 Å². The second kappa shape index (κ2) is 11.6. The minimum atomic E-state index is -0.523. The number of rotatable bonds is 9. The zero-order chi connectivity index (χ0) is 26.6. The van der Waals surface area contributed by atoms with E-state index < -0.39 is 23.1 Å². The van der Waals surface area contributed by atoms with Gasteiger partial charge >= 0.3 is 0 Å². The van der Waals surface area contributed by atoms with E-state index in [2.05, 4.69) is 10.3 Å². The van der Waals surface area contributed by atoms with Gasteiger partial charge in [0.05, 0.1) is 26.3 Å². The summed E-state index contributed by atoms with van der Waals surface area (Å²) in [6.45, 7) is 6.07. The largest absolute Gasteiger partial charge is 0.493 e. The first-order chi connectivity index (χ1) is 17.0. The Morgan fingerprint density at radius 1 is 1.17 bits per heavy atom. The Morgan fingerprint density at radius 3 is 2.39 bits per heavy atom. The molecule has 200 valence electrons. The van der Waals surface area contributed by atoms with E-state index in [1.165, 1.54) is 4.90 Å². The zero-order valence-electron chi connectivity index (χ0n) is 22.4. The number of ketones is 1. The van der Waals surface area contributed by atoms with E-state index in [9.17, 15) is 14.4 Å². The molecule has 0 radical (unpaired) electrons. The van der Waals surface area contributed by atoms with Crippen molar-refractivity contribution in [1.82, 2.24) is 20.2 Å². The van der Waals surface area contributed by atoms with Crippen LogP contribution in [0.4, 0.5) is 0 Å². The van der Waals surface area contributed by atoms with Crippen molar-refractivity contribution >= 4 is 17.6 Å². The molecule has 1 aromatic carbocycles. The normalized spacial score (nSPS) is 21.7. The minimum absolute atomic E-state index is 0.0320. The number of hydrogen-bond acceptors (Lipinski definition) is 8. The van der Waals surface area contributed by atoms with Crippen molar-refractivity contribution in [2.45, 2.75) is 57.7 Å². The fourth-order valence-electron chi connectivity index (χ4n) is 5.06. The summed E-state index contributed by atoms with van der Waals surface area (Å²) in [6, 6.07) is 5.49. The molecule has 1 aromatic rings. The van der Waals surface area contributed by atoms with E-state index in [0.29, 0.717) is 24.5 Å². The maximum atomic E-state index is 13.4. The van der Waals surface area contributed by atoms with Crippen molar-refractivity contribution in [1.29, 1.82) is 0 Å². The lowest BCUT2D eigenvalue weighted by molar-refractivity contribution is -0.156. The number of piperidine rings is 1. The highest BCUT2D eigenvalue weighted by Gasteiger charge is 2.44. The van der Waals surface area contributed by atoms with Gasteiger partial charge in [-0.25, -0.2) is 5.43 Å². The Hall–Kier alpha value is -2.69. The Bertz CT molecular complexity index is 958. The highest BCUT2D eigenvalue weighted by molar-refractivity contribution is 6.36. The number of carbonyl (C=O) groups excluding carboxylic acids is 3. The van der Waals surface area contributed by atoms with Gasteiger partial charge in [-0.3, -0.25) is 19.4 Å². The van der Waals surface area contributed by atoms with E-state index in [0.717, 1.165) is 31.5 Å². The number of Topliss-reactive ketones (excluding diaryl/α,β-unsaturated/α-hetero) is 1. The number of hydrazine groups is 1. The topological polar surface area (TPSA) is 117 Å². The predicted molar refractivity (Wildman–Crippen MR) is 136 cm³/mol. The molecule has 10 nitrogen and oxygen atoms in total. The lowest BCUT2D eigenvalue weighted by Crippen LogP contribution is -2.61. The maximum Gasteiger partial charge on any atom is 0.289 e. The van der Waals surface area contributed by atoms with Crippen LogP contribution >= 0.6 is 0 Å². The molecule has 2 heterocycles. The van der Waals surface area contributed by atoms with Crippen LogP contribution in [0.5, 0.6) is 11.5 Å². The van der Waals surface area contributed by atoms with E-state index >= 15 is 0 Å². The Kier molecular flexibility index (Phi) is 8.97. The molecule has 0 bridgehead atoms. The second-order valence-corrected chi connectivity index (χ2v) is 10.7. The smallest absolute Gasteiger partial charge is 0.289 e. The van der Waals surface area contributed by atoms with Crippen LogP contribution in [0.25, 0.3) is 0 Å². The molecule has 2 fully saturated rings. The van der Waals surface area contributed by atoms with Crippen LogP contribution in [0.15, 0.2) is 18.2 Å². The van der Waals surface area contributed by atoms with Crippen LogP contribution in [-0.4, -0.2) is 92.4 Å². The van der Waals surface area contributed by atoms with Gasteiger partial charge in [-0.2, -0.15) is 0 Å². The fourth-order valence-corrected chi connectivity index (χ4v) is 5.06. The molecule has 2 atom stereocenters. The Balaban J connectivity index is 1.62. The van der Waals surface area contributed by atoms with E-state index in [1.807, 2.05) is 37.1 Å². The van der Waals surface area contributed by atoms with Crippen molar-refractivity contribution < 1.29 is 23.9 Å². The van der Waals surface area contributed by atoms with Gasteiger partial charge in [-0.1, -0.05) is 19.9 Å². The molecule has 36 heavy (non-hydrogen) atoms. The number of amides is 2. The Morgan fingerprint density at radius 2 is 1.81 bits per heavy atom. The number of carbonyl (C=O) groups is 3. The molecule has 3 N–H and O–H groups in total. The fraction of sp³-hybridized carbons (Fsp3) is 0.654. The van der Waals surface area contributed by atoms with Gasteiger partial charge in [0.15, 0.2) is 11.5 Å². The standard InChI is InChI=1S/C26H41N5O5/c1-26(2)15-20(17-7-8-22(35-5)23(13-17)36-6)28-31(25(26)34)19-9-11-30(12-10-19)16-18(27)14-21(32)24(33)29(3)4/h7-8,13,18-20,28H,9-12,14-16,27H2,1-6H3/t18-,20?/m1/s1. The molecule has 2 aliphatic rings.